The van der Waals surface area contributed by atoms with Crippen molar-refractivity contribution in [2.75, 3.05) is 7.05 Å². The van der Waals surface area contributed by atoms with Crippen LogP contribution in [0.15, 0.2) is 178 Å². The molecule has 10 aromatic rings. The monoisotopic (exact) mass is 668 g/mol. The summed E-state index contributed by atoms with van der Waals surface area (Å²) in [5, 5.41) is 5.85. The fourth-order valence-electron chi connectivity index (χ4n) is 8.01. The zero-order valence-corrected chi connectivity index (χ0v) is 28.5. The summed E-state index contributed by atoms with van der Waals surface area (Å²) in [7, 11) is 1.79. The predicted molar refractivity (Wildman–Crippen MR) is 218 cm³/mol. The Morgan fingerprint density at radius 2 is 1.15 bits per heavy atom. The molecule has 0 aliphatic rings. The number of rotatable bonds is 6. The van der Waals surface area contributed by atoms with Crippen molar-refractivity contribution in [3.8, 4) is 22.5 Å². The minimum atomic E-state index is 0.622. The maximum atomic E-state index is 6.28. The number of para-hydroxylation sites is 4. The van der Waals surface area contributed by atoms with Crippen LogP contribution in [-0.4, -0.2) is 28.6 Å². The molecule has 3 aromatic heterocycles. The van der Waals surface area contributed by atoms with Gasteiger partial charge in [0, 0.05) is 50.9 Å². The molecular weight excluding hydrogens is 637 g/mol. The van der Waals surface area contributed by atoms with Crippen LogP contribution in [-0.2, 0) is 0 Å². The summed E-state index contributed by atoms with van der Waals surface area (Å²) >= 11 is 0. The third kappa shape index (κ3) is 4.42. The van der Waals surface area contributed by atoms with E-state index in [9.17, 15) is 0 Å². The van der Waals surface area contributed by atoms with Gasteiger partial charge in [0.1, 0.15) is 17.0 Å². The average molecular weight is 669 g/mol. The Labute approximate surface area is 300 Å². The third-order valence-corrected chi connectivity index (χ3v) is 10.3. The van der Waals surface area contributed by atoms with Crippen molar-refractivity contribution in [2.45, 2.75) is 0 Å². The highest BCUT2D eigenvalue weighted by Gasteiger charge is 2.21. The van der Waals surface area contributed by atoms with E-state index in [2.05, 4.69) is 165 Å². The molecule has 0 N–H and O–H groups in total. The zero-order valence-electron chi connectivity index (χ0n) is 28.5. The van der Waals surface area contributed by atoms with Crippen LogP contribution >= 0.6 is 0 Å². The van der Waals surface area contributed by atoms with Gasteiger partial charge in [-0.1, -0.05) is 103 Å². The molecule has 0 saturated carbocycles. The number of hydrogen-bond donors (Lipinski definition) is 0. The topological polar surface area (TPSA) is 47.7 Å². The zero-order chi connectivity index (χ0) is 34.8. The second kappa shape index (κ2) is 11.8. The molecular formula is C47H32N4O. The number of aromatic nitrogens is 2. The minimum absolute atomic E-state index is 0.622. The molecule has 0 unspecified atom stereocenters. The molecule has 0 radical (unpaired) electrons. The summed E-state index contributed by atoms with van der Waals surface area (Å²) in [6.45, 7) is 3.83. The van der Waals surface area contributed by atoms with Gasteiger partial charge in [0.2, 0.25) is 0 Å². The van der Waals surface area contributed by atoms with Crippen LogP contribution in [0.2, 0.25) is 0 Å². The summed E-state index contributed by atoms with van der Waals surface area (Å²) in [6, 6.07) is 58.0. The highest BCUT2D eigenvalue weighted by atomic mass is 16.3. The van der Waals surface area contributed by atoms with Crippen LogP contribution in [0.25, 0.3) is 77.1 Å². The summed E-state index contributed by atoms with van der Waals surface area (Å²) < 4.78 is 11.0. The van der Waals surface area contributed by atoms with Crippen molar-refractivity contribution in [1.29, 1.82) is 0 Å². The van der Waals surface area contributed by atoms with Crippen LogP contribution in [0, 0.1) is 0 Å². The van der Waals surface area contributed by atoms with E-state index in [0.29, 0.717) is 11.4 Å². The van der Waals surface area contributed by atoms with Gasteiger partial charge in [0.05, 0.1) is 22.1 Å². The maximum Gasteiger partial charge on any atom is 0.179 e. The van der Waals surface area contributed by atoms with Gasteiger partial charge in [-0.05, 0) is 78.5 Å². The van der Waals surface area contributed by atoms with Gasteiger partial charge >= 0.3 is 0 Å². The molecule has 10 rings (SSSR count). The highest BCUT2D eigenvalue weighted by molar-refractivity contribution is 6.19. The molecule has 0 spiro atoms. The molecule has 3 heterocycles. The Balaban J connectivity index is 1.13. The number of fused-ring (bicyclic) bond motifs is 7. The van der Waals surface area contributed by atoms with E-state index in [0.717, 1.165) is 44.7 Å². The lowest BCUT2D eigenvalue weighted by Gasteiger charge is -2.11. The lowest BCUT2D eigenvalue weighted by atomic mass is 9.98. The van der Waals surface area contributed by atoms with Gasteiger partial charge in [0.25, 0.3) is 0 Å². The first-order valence-corrected chi connectivity index (χ1v) is 17.4. The molecule has 0 fully saturated rings. The van der Waals surface area contributed by atoms with Crippen LogP contribution in [0.3, 0.4) is 0 Å². The quantitative estimate of drug-likeness (QED) is 0.163. The summed E-state index contributed by atoms with van der Waals surface area (Å²) in [6.07, 6.45) is 0. The maximum absolute atomic E-state index is 6.28. The number of aliphatic imine (C=N–C) groups is 2. The molecule has 0 atom stereocenters. The summed E-state index contributed by atoms with van der Waals surface area (Å²) in [5.41, 5.74) is 12.4. The van der Waals surface area contributed by atoms with Gasteiger partial charge in [-0.25, -0.2) is 0 Å². The first-order chi connectivity index (χ1) is 25.7. The molecule has 7 aromatic carbocycles. The number of furan rings is 1. The van der Waals surface area contributed by atoms with Crippen molar-refractivity contribution in [2.24, 2.45) is 9.98 Å². The predicted octanol–water partition coefficient (Wildman–Crippen LogP) is 12.1. The van der Waals surface area contributed by atoms with Crippen molar-refractivity contribution in [3.05, 3.63) is 175 Å². The molecule has 0 amide bonds. The highest BCUT2D eigenvalue weighted by Crippen LogP contribution is 2.41. The normalized spacial score (nSPS) is 12.1. The largest absolute Gasteiger partial charge is 0.452 e. The fourth-order valence-corrected chi connectivity index (χ4v) is 8.01. The molecule has 0 bridgehead atoms. The van der Waals surface area contributed by atoms with Crippen molar-refractivity contribution >= 4 is 72.7 Å². The molecule has 246 valence electrons. The molecule has 52 heavy (non-hydrogen) atoms. The van der Waals surface area contributed by atoms with Gasteiger partial charge < -0.3 is 13.6 Å². The van der Waals surface area contributed by atoms with Crippen LogP contribution in [0.4, 0.5) is 5.69 Å². The Morgan fingerprint density at radius 1 is 0.538 bits per heavy atom. The van der Waals surface area contributed by atoms with Gasteiger partial charge in [-0.3, -0.25) is 9.98 Å². The first kappa shape index (κ1) is 29.9. The van der Waals surface area contributed by atoms with Crippen molar-refractivity contribution < 1.29 is 4.42 Å². The van der Waals surface area contributed by atoms with Crippen molar-refractivity contribution in [1.82, 2.24) is 9.13 Å². The number of hydrogen-bond acceptors (Lipinski definition) is 3. The second-order valence-corrected chi connectivity index (χ2v) is 13.0. The lowest BCUT2D eigenvalue weighted by molar-refractivity contribution is 0.606. The van der Waals surface area contributed by atoms with E-state index in [1.807, 2.05) is 24.3 Å². The van der Waals surface area contributed by atoms with Gasteiger partial charge in [-0.2, -0.15) is 0 Å². The SMILES string of the molecule is C=Nc1c(C(=NC)c2ccc(-n3c4ccccc4c4c(-c5ccc6c7ccccc7n(-c7ccccc7)c6c5)cccc43)cc2)oc2ccccc12. The molecule has 0 aliphatic carbocycles. The van der Waals surface area contributed by atoms with Gasteiger partial charge in [0.15, 0.2) is 5.76 Å². The van der Waals surface area contributed by atoms with E-state index in [1.165, 1.54) is 43.7 Å². The Kier molecular flexibility index (Phi) is 6.80. The second-order valence-electron chi connectivity index (χ2n) is 13.0. The summed E-state index contributed by atoms with van der Waals surface area (Å²) in [5.74, 6) is 0.622. The average Bonchev–Trinajstić information content (AvgIpc) is 3.86. The first-order valence-electron chi connectivity index (χ1n) is 17.4. The minimum Gasteiger partial charge on any atom is -0.452 e. The smallest absolute Gasteiger partial charge is 0.179 e. The summed E-state index contributed by atoms with van der Waals surface area (Å²) in [4.78, 5) is 8.99. The van der Waals surface area contributed by atoms with Crippen LogP contribution in [0.5, 0.6) is 0 Å². The Bertz CT molecular complexity index is 3030. The lowest BCUT2D eigenvalue weighted by Crippen LogP contribution is -2.03. The molecule has 5 nitrogen and oxygen atoms in total. The van der Waals surface area contributed by atoms with Gasteiger partial charge in [-0.15, -0.1) is 0 Å². The fraction of sp³-hybridized carbons (Fsp3) is 0.0213. The van der Waals surface area contributed by atoms with E-state index in [-0.39, 0.29) is 0 Å². The van der Waals surface area contributed by atoms with E-state index in [4.69, 9.17) is 4.42 Å². The van der Waals surface area contributed by atoms with Crippen LogP contribution < -0.4 is 0 Å². The molecule has 0 saturated heterocycles. The third-order valence-electron chi connectivity index (χ3n) is 10.3. The molecule has 5 heteroatoms. The van der Waals surface area contributed by atoms with Crippen molar-refractivity contribution in [3.63, 3.8) is 0 Å². The van der Waals surface area contributed by atoms with Crippen LogP contribution in [0.1, 0.15) is 11.3 Å². The molecule has 0 aliphatic heterocycles. The Hall–Kier alpha value is -6.98. The number of benzene rings is 7. The Morgan fingerprint density at radius 3 is 1.92 bits per heavy atom. The standard InChI is InChI=1S/C47H32N4O/c1-48-45(47-46(49-2)38-17-8-11-22-43(38)52-47)30-23-26-33(27-24-30)50-40-20-10-7-16-37(40)44-34(18-12-21-41(44)50)31-25-28-36-35-15-6-9-19-39(35)51(42(36)29-31)32-13-4-3-5-14-32/h3-29H,2H2,1H3. The van der Waals surface area contributed by atoms with E-state index in [1.54, 1.807) is 7.05 Å². The van der Waals surface area contributed by atoms with E-state index < -0.39 is 0 Å². The van der Waals surface area contributed by atoms with E-state index >= 15 is 0 Å². The number of nitrogens with zero attached hydrogens (tertiary/aromatic N) is 4.